The molecule has 5 heteroatoms. The Hall–Kier alpha value is -1.70. The second kappa shape index (κ2) is 6.71. The van der Waals surface area contributed by atoms with Crippen molar-refractivity contribution in [3.63, 3.8) is 0 Å². The van der Waals surface area contributed by atoms with Gasteiger partial charge in [0, 0.05) is 7.05 Å². The Morgan fingerprint density at radius 1 is 1.60 bits per heavy atom. The zero-order chi connectivity index (χ0) is 11.8. The van der Waals surface area contributed by atoms with E-state index in [4.69, 9.17) is 11.5 Å². The zero-order valence-corrected chi connectivity index (χ0v) is 8.99. The molecule has 0 bridgehead atoms. The largest absolute Gasteiger partial charge is 0.480 e. The third-order valence-electron chi connectivity index (χ3n) is 1.85. The van der Waals surface area contributed by atoms with Crippen molar-refractivity contribution in [2.45, 2.75) is 25.8 Å². The number of hydrogen-bond acceptors (Lipinski definition) is 2. The van der Waals surface area contributed by atoms with Crippen LogP contribution in [0.3, 0.4) is 0 Å². The van der Waals surface area contributed by atoms with Gasteiger partial charge in [-0.25, -0.2) is 9.59 Å². The molecule has 2 amide bonds. The third kappa shape index (κ3) is 4.91. The molecule has 0 aliphatic heterocycles. The quantitative estimate of drug-likeness (QED) is 0.652. The minimum Gasteiger partial charge on any atom is -0.480 e. The fourth-order valence-corrected chi connectivity index (χ4v) is 1.01. The van der Waals surface area contributed by atoms with E-state index in [1.165, 1.54) is 11.9 Å². The maximum Gasteiger partial charge on any atom is 0.326 e. The number of carbonyl (C=O) groups excluding carboxylic acids is 1. The number of carboxylic acid groups (broad SMARTS) is 1. The Morgan fingerprint density at radius 3 is 2.60 bits per heavy atom. The van der Waals surface area contributed by atoms with Crippen molar-refractivity contribution in [3.05, 3.63) is 0 Å². The van der Waals surface area contributed by atoms with Gasteiger partial charge in [-0.2, -0.15) is 0 Å². The first-order chi connectivity index (χ1) is 7.02. The molecular weight excluding hydrogens is 196 g/mol. The molecule has 0 rings (SSSR count). The molecule has 0 spiro atoms. The highest BCUT2D eigenvalue weighted by Crippen LogP contribution is 1.98. The minimum atomic E-state index is -1.03. The smallest absolute Gasteiger partial charge is 0.326 e. The van der Waals surface area contributed by atoms with Gasteiger partial charge in [-0.3, -0.25) is 0 Å². The van der Waals surface area contributed by atoms with Crippen molar-refractivity contribution in [2.24, 2.45) is 0 Å². The number of terminal acetylenes is 1. The van der Waals surface area contributed by atoms with Gasteiger partial charge < -0.3 is 15.3 Å². The van der Waals surface area contributed by atoms with Gasteiger partial charge in [-0.15, -0.1) is 6.42 Å². The van der Waals surface area contributed by atoms with E-state index in [1.54, 1.807) is 0 Å². The van der Waals surface area contributed by atoms with Gasteiger partial charge in [0.05, 0.1) is 6.54 Å². The molecule has 0 saturated carbocycles. The van der Waals surface area contributed by atoms with Gasteiger partial charge in [0.25, 0.3) is 0 Å². The fraction of sp³-hybridized carbons (Fsp3) is 0.600. The number of amides is 2. The third-order valence-corrected chi connectivity index (χ3v) is 1.85. The molecular formula is C10H16N2O3. The van der Waals surface area contributed by atoms with E-state index in [0.717, 1.165) is 0 Å². The van der Waals surface area contributed by atoms with Gasteiger partial charge in [0.1, 0.15) is 6.04 Å². The van der Waals surface area contributed by atoms with E-state index < -0.39 is 18.0 Å². The van der Waals surface area contributed by atoms with Crippen LogP contribution in [-0.4, -0.2) is 41.6 Å². The van der Waals surface area contributed by atoms with Crippen LogP contribution in [0.15, 0.2) is 0 Å². The molecule has 0 fully saturated rings. The average molecular weight is 212 g/mol. The molecule has 0 aromatic rings. The molecule has 2 N–H and O–H groups in total. The maximum atomic E-state index is 11.4. The van der Waals surface area contributed by atoms with Crippen molar-refractivity contribution in [1.82, 2.24) is 10.2 Å². The maximum absolute atomic E-state index is 11.4. The number of carboxylic acids is 1. The molecule has 5 nitrogen and oxygen atoms in total. The van der Waals surface area contributed by atoms with E-state index in [2.05, 4.69) is 11.2 Å². The van der Waals surface area contributed by atoms with Crippen LogP contribution in [0.4, 0.5) is 4.79 Å². The molecule has 15 heavy (non-hydrogen) atoms. The predicted octanol–water partition coefficient (Wildman–Crippen LogP) is 0.514. The summed E-state index contributed by atoms with van der Waals surface area (Å²) >= 11 is 0. The monoisotopic (exact) mass is 212 g/mol. The van der Waals surface area contributed by atoms with E-state index in [0.29, 0.717) is 12.8 Å². The van der Waals surface area contributed by atoms with Crippen LogP contribution in [0, 0.1) is 12.3 Å². The van der Waals surface area contributed by atoms with Gasteiger partial charge in [0.15, 0.2) is 0 Å². The summed E-state index contributed by atoms with van der Waals surface area (Å²) in [5, 5.41) is 11.2. The van der Waals surface area contributed by atoms with Crippen LogP contribution in [0.5, 0.6) is 0 Å². The van der Waals surface area contributed by atoms with Crippen molar-refractivity contribution >= 4 is 12.0 Å². The Bertz CT molecular complexity index is 270. The first-order valence-electron chi connectivity index (χ1n) is 4.70. The highest BCUT2D eigenvalue weighted by Gasteiger charge is 2.20. The van der Waals surface area contributed by atoms with Gasteiger partial charge in [-0.05, 0) is 6.42 Å². The second-order valence-electron chi connectivity index (χ2n) is 3.19. The number of nitrogens with one attached hydrogen (secondary N) is 1. The Morgan fingerprint density at radius 2 is 2.20 bits per heavy atom. The van der Waals surface area contributed by atoms with E-state index in [1.807, 2.05) is 6.92 Å². The Balaban J connectivity index is 4.23. The van der Waals surface area contributed by atoms with Crippen molar-refractivity contribution in [3.8, 4) is 12.3 Å². The molecule has 0 radical (unpaired) electrons. The molecule has 0 aromatic carbocycles. The zero-order valence-electron chi connectivity index (χ0n) is 8.99. The number of urea groups is 1. The molecule has 0 aliphatic carbocycles. The average Bonchev–Trinajstić information content (AvgIpc) is 2.17. The fourth-order valence-electron chi connectivity index (χ4n) is 1.01. The first-order valence-corrected chi connectivity index (χ1v) is 4.70. The second-order valence-corrected chi connectivity index (χ2v) is 3.19. The van der Waals surface area contributed by atoms with E-state index >= 15 is 0 Å². The van der Waals surface area contributed by atoms with E-state index in [9.17, 15) is 9.59 Å². The summed E-state index contributed by atoms with van der Waals surface area (Å²) in [6.45, 7) is 2.01. The minimum absolute atomic E-state index is 0.157. The number of carbonyl (C=O) groups is 2. The number of rotatable bonds is 5. The van der Waals surface area contributed by atoms with Gasteiger partial charge in [0.2, 0.25) is 0 Å². The Kier molecular flexibility index (Phi) is 5.95. The van der Waals surface area contributed by atoms with Crippen LogP contribution in [0.25, 0.3) is 0 Å². The highest BCUT2D eigenvalue weighted by molar-refractivity contribution is 5.82. The van der Waals surface area contributed by atoms with Crippen molar-refractivity contribution < 1.29 is 14.7 Å². The van der Waals surface area contributed by atoms with Crippen LogP contribution in [0.1, 0.15) is 19.8 Å². The highest BCUT2D eigenvalue weighted by atomic mass is 16.4. The SMILES string of the molecule is C#CCN(C)C(=O)N[C@H](CCC)C(=O)O. The summed E-state index contributed by atoms with van der Waals surface area (Å²) in [6, 6.07) is -1.31. The van der Waals surface area contributed by atoms with Gasteiger partial charge in [-0.1, -0.05) is 19.3 Å². The Labute approximate surface area is 89.4 Å². The summed E-state index contributed by atoms with van der Waals surface area (Å²) in [5.41, 5.74) is 0. The molecule has 0 aliphatic rings. The number of hydrogen-bond donors (Lipinski definition) is 2. The van der Waals surface area contributed by atoms with Crippen LogP contribution in [0.2, 0.25) is 0 Å². The molecule has 0 saturated heterocycles. The van der Waals surface area contributed by atoms with Crippen molar-refractivity contribution in [2.75, 3.05) is 13.6 Å². The van der Waals surface area contributed by atoms with Crippen LogP contribution in [-0.2, 0) is 4.79 Å². The normalized spacial score (nSPS) is 11.3. The predicted molar refractivity (Wildman–Crippen MR) is 56.3 cm³/mol. The lowest BCUT2D eigenvalue weighted by Crippen LogP contribution is -2.46. The molecule has 0 heterocycles. The molecule has 1 atom stereocenters. The number of nitrogens with zero attached hydrogens (tertiary/aromatic N) is 1. The van der Waals surface area contributed by atoms with Crippen molar-refractivity contribution in [1.29, 1.82) is 0 Å². The van der Waals surface area contributed by atoms with Crippen LogP contribution >= 0.6 is 0 Å². The van der Waals surface area contributed by atoms with Gasteiger partial charge >= 0.3 is 12.0 Å². The molecule has 0 aromatic heterocycles. The summed E-state index contributed by atoms with van der Waals surface area (Å²) in [7, 11) is 1.51. The topological polar surface area (TPSA) is 69.6 Å². The molecule has 84 valence electrons. The summed E-state index contributed by atoms with van der Waals surface area (Å²) < 4.78 is 0. The summed E-state index contributed by atoms with van der Waals surface area (Å²) in [6.07, 6.45) is 6.13. The van der Waals surface area contributed by atoms with Crippen LogP contribution < -0.4 is 5.32 Å². The molecule has 0 unspecified atom stereocenters. The van der Waals surface area contributed by atoms with E-state index in [-0.39, 0.29) is 6.54 Å². The lowest BCUT2D eigenvalue weighted by Gasteiger charge is -2.19. The lowest BCUT2D eigenvalue weighted by molar-refractivity contribution is -0.139. The lowest BCUT2D eigenvalue weighted by atomic mass is 10.2. The number of aliphatic carboxylic acids is 1. The summed E-state index contributed by atoms with van der Waals surface area (Å²) in [4.78, 5) is 23.4. The standard InChI is InChI=1S/C10H16N2O3/c1-4-6-8(9(13)14)11-10(15)12(3)7-5-2/h2,8H,4,6-7H2,1,3H3,(H,11,15)(H,13,14)/t8-/m1/s1. The summed E-state index contributed by atoms with van der Waals surface area (Å²) in [5.74, 6) is 1.27. The first kappa shape index (κ1) is 13.3.